The Morgan fingerprint density at radius 3 is 1.06 bits per heavy atom. The molecule has 0 saturated carbocycles. The van der Waals surface area contributed by atoms with Gasteiger partial charge >= 0.3 is 11.9 Å². The zero-order chi connectivity index (χ0) is 47.7. The minimum Gasteiger partial charge on any atom is -0.462 e. The van der Waals surface area contributed by atoms with Gasteiger partial charge in [-0.3, -0.25) is 9.59 Å². The molecule has 1 unspecified atom stereocenters. The first-order chi connectivity index (χ1) is 32.6. The summed E-state index contributed by atoms with van der Waals surface area (Å²) >= 11 is 0. The van der Waals surface area contributed by atoms with Gasteiger partial charge in [-0.15, -0.1) is 0 Å². The Labute approximate surface area is 406 Å². The molecule has 0 heterocycles. The fraction of sp³-hybridized carbons (Fsp3) is 0.574. The summed E-state index contributed by atoms with van der Waals surface area (Å²) < 4.78 is 17.3. The molecule has 0 saturated heterocycles. The van der Waals surface area contributed by atoms with Crippen molar-refractivity contribution in [3.05, 3.63) is 146 Å². The van der Waals surface area contributed by atoms with E-state index in [-0.39, 0.29) is 25.2 Å². The molecule has 0 fully saturated rings. The first kappa shape index (κ1) is 61.8. The Bertz CT molecular complexity index is 1450. The molecular formula is C61H96O5. The van der Waals surface area contributed by atoms with Crippen molar-refractivity contribution >= 4 is 11.9 Å². The van der Waals surface area contributed by atoms with Crippen LogP contribution in [-0.4, -0.2) is 37.9 Å². The molecule has 370 valence electrons. The fourth-order valence-corrected chi connectivity index (χ4v) is 6.55. The normalized spacial score (nSPS) is 13.4. The Hall–Kier alpha value is -4.22. The van der Waals surface area contributed by atoms with Crippen LogP contribution >= 0.6 is 0 Å². The molecule has 0 aromatic carbocycles. The third-order valence-corrected chi connectivity index (χ3v) is 10.4. The number of hydrogen-bond donors (Lipinski definition) is 0. The van der Waals surface area contributed by atoms with Gasteiger partial charge in [0.15, 0.2) is 6.10 Å². The minimum atomic E-state index is -0.592. The van der Waals surface area contributed by atoms with Crippen LogP contribution in [0.15, 0.2) is 146 Å². The maximum Gasteiger partial charge on any atom is 0.306 e. The van der Waals surface area contributed by atoms with E-state index >= 15 is 0 Å². The van der Waals surface area contributed by atoms with E-state index in [1.54, 1.807) is 0 Å². The molecule has 0 N–H and O–H groups in total. The van der Waals surface area contributed by atoms with Crippen molar-refractivity contribution in [2.75, 3.05) is 19.8 Å². The Kier molecular flexibility index (Phi) is 51.6. The van der Waals surface area contributed by atoms with Crippen molar-refractivity contribution in [1.29, 1.82) is 0 Å². The topological polar surface area (TPSA) is 61.8 Å². The lowest BCUT2D eigenvalue weighted by Gasteiger charge is -2.18. The average molecular weight is 909 g/mol. The van der Waals surface area contributed by atoms with Gasteiger partial charge in [0.1, 0.15) is 6.61 Å². The molecule has 0 aromatic heterocycles. The molecule has 0 amide bonds. The van der Waals surface area contributed by atoms with E-state index in [0.29, 0.717) is 19.4 Å². The zero-order valence-corrected chi connectivity index (χ0v) is 42.4. The van der Waals surface area contributed by atoms with E-state index in [4.69, 9.17) is 14.2 Å². The monoisotopic (exact) mass is 909 g/mol. The van der Waals surface area contributed by atoms with Crippen molar-refractivity contribution in [1.82, 2.24) is 0 Å². The van der Waals surface area contributed by atoms with Crippen molar-refractivity contribution in [2.45, 2.75) is 207 Å². The summed E-state index contributed by atoms with van der Waals surface area (Å²) in [4.78, 5) is 25.4. The number of unbranched alkanes of at least 4 members (excludes halogenated alkanes) is 11. The van der Waals surface area contributed by atoms with E-state index in [9.17, 15) is 9.59 Å². The molecule has 0 spiro atoms. The molecule has 0 aliphatic rings. The van der Waals surface area contributed by atoms with Gasteiger partial charge in [0.25, 0.3) is 0 Å². The largest absolute Gasteiger partial charge is 0.462 e. The quantitative estimate of drug-likeness (QED) is 0.0346. The molecule has 66 heavy (non-hydrogen) atoms. The highest BCUT2D eigenvalue weighted by molar-refractivity contribution is 5.70. The van der Waals surface area contributed by atoms with Crippen LogP contribution in [0.2, 0.25) is 0 Å². The highest BCUT2D eigenvalue weighted by Gasteiger charge is 2.17. The van der Waals surface area contributed by atoms with E-state index in [2.05, 4.69) is 167 Å². The molecule has 0 radical (unpaired) electrons. The minimum absolute atomic E-state index is 0.0291. The second-order valence-corrected chi connectivity index (χ2v) is 16.6. The van der Waals surface area contributed by atoms with E-state index < -0.39 is 6.10 Å². The van der Waals surface area contributed by atoms with Gasteiger partial charge < -0.3 is 14.2 Å². The van der Waals surface area contributed by atoms with Crippen LogP contribution in [0.1, 0.15) is 201 Å². The number of esters is 2. The van der Waals surface area contributed by atoms with E-state index in [1.165, 1.54) is 32.1 Å². The molecule has 0 aliphatic heterocycles. The standard InChI is InChI=1S/C61H96O5/c1-4-7-10-13-16-19-22-25-27-29-30-31-33-35-38-41-44-47-50-53-56-64-57-59(66-61(63)55-52-49-46-43-40-36-24-21-18-15-12-9-6-3)58-65-60(62)54-51-48-45-42-39-37-34-32-28-26-23-20-17-14-11-8-5-2/h7-12,16-21,25-28,30-31,34,36-37,40,42,45,59H,4-6,13-15,22-24,29,32-33,35,38-39,41,43-44,46-58H2,1-3H3/b10-7-,11-8-,12-9-,19-16-,20-17-,21-18-,27-25-,28-26-,31-30-,37-34-,40-36-,45-42-. The van der Waals surface area contributed by atoms with Gasteiger partial charge in [0, 0.05) is 19.4 Å². The molecule has 0 bridgehead atoms. The summed E-state index contributed by atoms with van der Waals surface area (Å²) in [5.74, 6) is -0.517. The van der Waals surface area contributed by atoms with Gasteiger partial charge in [-0.2, -0.15) is 0 Å². The lowest BCUT2D eigenvalue weighted by atomic mass is 10.1. The number of rotatable bonds is 46. The number of ether oxygens (including phenoxy) is 3. The van der Waals surface area contributed by atoms with Gasteiger partial charge in [-0.05, 0) is 128 Å². The Morgan fingerprint density at radius 2 is 0.652 bits per heavy atom. The lowest BCUT2D eigenvalue weighted by molar-refractivity contribution is -0.163. The summed E-state index contributed by atoms with van der Waals surface area (Å²) in [6, 6.07) is 0. The van der Waals surface area contributed by atoms with Crippen LogP contribution in [-0.2, 0) is 23.8 Å². The molecule has 1 atom stereocenters. The number of carbonyl (C=O) groups excluding carboxylic acids is 2. The zero-order valence-electron chi connectivity index (χ0n) is 42.4. The molecule has 5 heteroatoms. The van der Waals surface area contributed by atoms with Crippen LogP contribution in [0.25, 0.3) is 0 Å². The van der Waals surface area contributed by atoms with Gasteiger partial charge in [0.2, 0.25) is 0 Å². The Morgan fingerprint density at radius 1 is 0.333 bits per heavy atom. The van der Waals surface area contributed by atoms with E-state index in [1.807, 2.05) is 0 Å². The van der Waals surface area contributed by atoms with Crippen LogP contribution in [0, 0.1) is 0 Å². The average Bonchev–Trinajstić information content (AvgIpc) is 3.32. The number of allylic oxidation sites excluding steroid dienone is 24. The van der Waals surface area contributed by atoms with Gasteiger partial charge in [-0.25, -0.2) is 0 Å². The summed E-state index contributed by atoms with van der Waals surface area (Å²) in [5.41, 5.74) is 0. The lowest BCUT2D eigenvalue weighted by Crippen LogP contribution is -2.30. The summed E-state index contributed by atoms with van der Waals surface area (Å²) in [7, 11) is 0. The predicted molar refractivity (Wildman–Crippen MR) is 288 cm³/mol. The maximum atomic E-state index is 12.8. The van der Waals surface area contributed by atoms with Crippen LogP contribution in [0.3, 0.4) is 0 Å². The molecule has 5 nitrogen and oxygen atoms in total. The van der Waals surface area contributed by atoms with E-state index in [0.717, 1.165) is 135 Å². The molecular weight excluding hydrogens is 813 g/mol. The third-order valence-electron chi connectivity index (χ3n) is 10.4. The first-order valence-corrected chi connectivity index (χ1v) is 26.4. The van der Waals surface area contributed by atoms with Crippen LogP contribution in [0.4, 0.5) is 0 Å². The maximum absolute atomic E-state index is 12.8. The second kappa shape index (κ2) is 55.1. The second-order valence-electron chi connectivity index (χ2n) is 16.6. The Balaban J connectivity index is 4.43. The SMILES string of the molecule is CC/C=C\C/C=C\C/C=C\C/C=C\C/C=C\CCCC(=O)OCC(COCCCCCCCCC/C=C\C/C=C\C/C=C\C/C=C\CC)OC(=O)CCCCC/C=C\C/C=C\C/C=C\CC. The van der Waals surface area contributed by atoms with Crippen molar-refractivity contribution in [3.63, 3.8) is 0 Å². The van der Waals surface area contributed by atoms with Crippen molar-refractivity contribution in [2.24, 2.45) is 0 Å². The summed E-state index contributed by atoms with van der Waals surface area (Å²) in [6.07, 6.45) is 80.1. The fourth-order valence-electron chi connectivity index (χ4n) is 6.55. The summed E-state index contributed by atoms with van der Waals surface area (Å²) in [5, 5.41) is 0. The smallest absolute Gasteiger partial charge is 0.306 e. The van der Waals surface area contributed by atoms with Gasteiger partial charge in [0.05, 0.1) is 6.61 Å². The number of carbonyl (C=O) groups is 2. The van der Waals surface area contributed by atoms with Gasteiger partial charge in [-0.1, -0.05) is 205 Å². The number of hydrogen-bond acceptors (Lipinski definition) is 5. The van der Waals surface area contributed by atoms with Crippen LogP contribution < -0.4 is 0 Å². The third kappa shape index (κ3) is 52.4. The van der Waals surface area contributed by atoms with Crippen molar-refractivity contribution in [3.8, 4) is 0 Å². The summed E-state index contributed by atoms with van der Waals surface area (Å²) in [6.45, 7) is 7.35. The van der Waals surface area contributed by atoms with Crippen molar-refractivity contribution < 1.29 is 23.8 Å². The molecule has 0 aromatic rings. The molecule has 0 aliphatic carbocycles. The first-order valence-electron chi connectivity index (χ1n) is 26.4. The highest BCUT2D eigenvalue weighted by atomic mass is 16.6. The van der Waals surface area contributed by atoms with Crippen LogP contribution in [0.5, 0.6) is 0 Å². The highest BCUT2D eigenvalue weighted by Crippen LogP contribution is 2.11. The molecule has 0 rings (SSSR count). The predicted octanol–water partition coefficient (Wildman–Crippen LogP) is 18.1.